The standard InChI is InChI=1S/C15H24N4O2/c1-6-15(5)14(21)19(11-8-16-18(7-2)9-11)12(10(3)4)13(20)17-15/h8-10,12H,6-7H2,1-5H3,(H,17,20). The van der Waals surface area contributed by atoms with E-state index in [4.69, 9.17) is 0 Å². The maximum absolute atomic E-state index is 12.9. The highest BCUT2D eigenvalue weighted by molar-refractivity contribution is 6.10. The summed E-state index contributed by atoms with van der Waals surface area (Å²) < 4.78 is 1.76. The monoisotopic (exact) mass is 292 g/mol. The molecule has 21 heavy (non-hydrogen) atoms. The van der Waals surface area contributed by atoms with E-state index < -0.39 is 11.6 Å². The average molecular weight is 292 g/mol. The smallest absolute Gasteiger partial charge is 0.253 e. The van der Waals surface area contributed by atoms with Crippen molar-refractivity contribution in [3.63, 3.8) is 0 Å². The number of rotatable bonds is 4. The highest BCUT2D eigenvalue weighted by Gasteiger charge is 2.48. The molecule has 1 N–H and O–H groups in total. The van der Waals surface area contributed by atoms with Crippen molar-refractivity contribution in [1.82, 2.24) is 15.1 Å². The molecule has 0 radical (unpaired) electrons. The van der Waals surface area contributed by atoms with Crippen LogP contribution in [0.3, 0.4) is 0 Å². The molecule has 1 saturated heterocycles. The van der Waals surface area contributed by atoms with Gasteiger partial charge in [-0.2, -0.15) is 5.10 Å². The first-order valence-electron chi connectivity index (χ1n) is 7.52. The summed E-state index contributed by atoms with van der Waals surface area (Å²) in [6.07, 6.45) is 4.04. The number of nitrogens with one attached hydrogen (secondary N) is 1. The van der Waals surface area contributed by atoms with Gasteiger partial charge in [-0.3, -0.25) is 19.2 Å². The average Bonchev–Trinajstić information content (AvgIpc) is 2.90. The fraction of sp³-hybridized carbons (Fsp3) is 0.667. The maximum Gasteiger partial charge on any atom is 0.253 e. The lowest BCUT2D eigenvalue weighted by atomic mass is 9.88. The Morgan fingerprint density at radius 2 is 2.05 bits per heavy atom. The van der Waals surface area contributed by atoms with Gasteiger partial charge in [-0.1, -0.05) is 20.8 Å². The zero-order chi connectivity index (χ0) is 15.8. The Balaban J connectivity index is 2.48. The van der Waals surface area contributed by atoms with Crippen LogP contribution in [0.2, 0.25) is 0 Å². The third-order valence-corrected chi connectivity index (χ3v) is 4.20. The third kappa shape index (κ3) is 2.54. The summed E-state index contributed by atoms with van der Waals surface area (Å²) >= 11 is 0. The Hall–Kier alpha value is -1.85. The second-order valence-corrected chi connectivity index (χ2v) is 6.09. The highest BCUT2D eigenvalue weighted by atomic mass is 16.2. The summed E-state index contributed by atoms with van der Waals surface area (Å²) in [5, 5.41) is 7.11. The van der Waals surface area contributed by atoms with Crippen LogP contribution in [0, 0.1) is 5.92 Å². The van der Waals surface area contributed by atoms with Crippen molar-refractivity contribution in [1.29, 1.82) is 0 Å². The molecule has 2 atom stereocenters. The van der Waals surface area contributed by atoms with Crippen molar-refractivity contribution in [2.45, 2.75) is 59.2 Å². The number of hydrogen-bond donors (Lipinski definition) is 1. The topological polar surface area (TPSA) is 67.2 Å². The summed E-state index contributed by atoms with van der Waals surface area (Å²) in [4.78, 5) is 27.0. The van der Waals surface area contributed by atoms with Crippen LogP contribution in [-0.4, -0.2) is 33.2 Å². The Labute approximate surface area is 125 Å². The first kappa shape index (κ1) is 15.5. The van der Waals surface area contributed by atoms with Crippen LogP contribution in [0.5, 0.6) is 0 Å². The number of aromatic nitrogens is 2. The first-order chi connectivity index (χ1) is 9.84. The number of carbonyl (C=O) groups excluding carboxylic acids is 2. The first-order valence-corrected chi connectivity index (χ1v) is 7.52. The molecule has 0 aliphatic carbocycles. The van der Waals surface area contributed by atoms with Gasteiger partial charge < -0.3 is 5.32 Å². The fourth-order valence-corrected chi connectivity index (χ4v) is 2.68. The molecule has 1 fully saturated rings. The Morgan fingerprint density at radius 3 is 2.52 bits per heavy atom. The van der Waals surface area contributed by atoms with E-state index in [1.807, 2.05) is 33.9 Å². The molecular formula is C15H24N4O2. The van der Waals surface area contributed by atoms with Gasteiger partial charge in [0.15, 0.2) is 0 Å². The summed E-state index contributed by atoms with van der Waals surface area (Å²) in [5.74, 6) is -0.141. The van der Waals surface area contributed by atoms with Gasteiger partial charge in [-0.05, 0) is 26.2 Å². The second kappa shape index (κ2) is 5.50. The van der Waals surface area contributed by atoms with Crippen LogP contribution < -0.4 is 10.2 Å². The van der Waals surface area contributed by atoms with Crippen molar-refractivity contribution >= 4 is 17.5 Å². The quantitative estimate of drug-likeness (QED) is 0.915. The van der Waals surface area contributed by atoms with Crippen LogP contribution in [0.4, 0.5) is 5.69 Å². The Morgan fingerprint density at radius 1 is 1.38 bits per heavy atom. The molecule has 0 aromatic carbocycles. The largest absolute Gasteiger partial charge is 0.340 e. The van der Waals surface area contributed by atoms with E-state index in [1.54, 1.807) is 22.7 Å². The predicted molar refractivity (Wildman–Crippen MR) is 80.9 cm³/mol. The van der Waals surface area contributed by atoms with Crippen LogP contribution >= 0.6 is 0 Å². The van der Waals surface area contributed by atoms with E-state index in [9.17, 15) is 9.59 Å². The molecular weight excluding hydrogens is 268 g/mol. The van der Waals surface area contributed by atoms with Gasteiger partial charge in [0.25, 0.3) is 5.91 Å². The van der Waals surface area contributed by atoms with E-state index in [0.29, 0.717) is 12.1 Å². The van der Waals surface area contributed by atoms with Gasteiger partial charge in [0.2, 0.25) is 5.91 Å². The van der Waals surface area contributed by atoms with E-state index >= 15 is 0 Å². The molecule has 116 valence electrons. The number of hydrogen-bond acceptors (Lipinski definition) is 3. The zero-order valence-corrected chi connectivity index (χ0v) is 13.4. The van der Waals surface area contributed by atoms with Crippen molar-refractivity contribution in [3.8, 4) is 0 Å². The predicted octanol–water partition coefficient (Wildman–Crippen LogP) is 1.56. The number of piperazine rings is 1. The van der Waals surface area contributed by atoms with Crippen LogP contribution in [-0.2, 0) is 16.1 Å². The molecule has 2 rings (SSSR count). The van der Waals surface area contributed by atoms with Gasteiger partial charge in [-0.25, -0.2) is 0 Å². The van der Waals surface area contributed by atoms with Crippen LogP contribution in [0.1, 0.15) is 41.0 Å². The molecule has 2 unspecified atom stereocenters. The SMILES string of the molecule is CCn1cc(N2C(=O)C(C)(CC)NC(=O)C2C(C)C)cn1. The third-order valence-electron chi connectivity index (χ3n) is 4.20. The number of aryl methyl sites for hydroxylation is 1. The van der Waals surface area contributed by atoms with Gasteiger partial charge >= 0.3 is 0 Å². The maximum atomic E-state index is 12.9. The van der Waals surface area contributed by atoms with Gasteiger partial charge in [0, 0.05) is 12.7 Å². The highest BCUT2D eigenvalue weighted by Crippen LogP contribution is 2.29. The summed E-state index contributed by atoms with van der Waals surface area (Å²) in [7, 11) is 0. The Bertz CT molecular complexity index is 552. The van der Waals surface area contributed by atoms with E-state index in [0.717, 1.165) is 6.54 Å². The van der Waals surface area contributed by atoms with E-state index in [1.165, 1.54) is 0 Å². The molecule has 1 aliphatic rings. The molecule has 2 heterocycles. The molecule has 1 aromatic rings. The van der Waals surface area contributed by atoms with E-state index in [-0.39, 0.29) is 17.7 Å². The van der Waals surface area contributed by atoms with Crippen molar-refractivity contribution < 1.29 is 9.59 Å². The molecule has 0 bridgehead atoms. The van der Waals surface area contributed by atoms with Gasteiger partial charge in [-0.15, -0.1) is 0 Å². The minimum Gasteiger partial charge on any atom is -0.340 e. The molecule has 0 saturated carbocycles. The summed E-state index contributed by atoms with van der Waals surface area (Å²) in [5.41, 5.74) is -0.161. The lowest BCUT2D eigenvalue weighted by Crippen LogP contribution is -2.70. The number of amides is 2. The molecule has 1 aliphatic heterocycles. The number of carbonyl (C=O) groups is 2. The summed E-state index contributed by atoms with van der Waals surface area (Å²) in [6.45, 7) is 10.3. The van der Waals surface area contributed by atoms with Gasteiger partial charge in [0.1, 0.15) is 11.6 Å². The van der Waals surface area contributed by atoms with E-state index in [2.05, 4.69) is 10.4 Å². The van der Waals surface area contributed by atoms with Crippen LogP contribution in [0.25, 0.3) is 0 Å². The molecule has 6 nitrogen and oxygen atoms in total. The molecule has 2 amide bonds. The second-order valence-electron chi connectivity index (χ2n) is 6.09. The fourth-order valence-electron chi connectivity index (χ4n) is 2.68. The van der Waals surface area contributed by atoms with Crippen molar-refractivity contribution in [2.75, 3.05) is 4.90 Å². The lowest BCUT2D eigenvalue weighted by molar-refractivity contribution is -0.138. The normalized spacial score (nSPS) is 26.4. The van der Waals surface area contributed by atoms with Crippen molar-refractivity contribution in [3.05, 3.63) is 12.4 Å². The molecule has 0 spiro atoms. The molecule has 6 heteroatoms. The minimum atomic E-state index is -0.850. The zero-order valence-electron chi connectivity index (χ0n) is 13.4. The number of anilines is 1. The molecule has 1 aromatic heterocycles. The summed E-state index contributed by atoms with van der Waals surface area (Å²) in [6, 6.07) is -0.494. The van der Waals surface area contributed by atoms with Crippen molar-refractivity contribution in [2.24, 2.45) is 5.92 Å². The van der Waals surface area contributed by atoms with Gasteiger partial charge in [0.05, 0.1) is 11.9 Å². The lowest BCUT2D eigenvalue weighted by Gasteiger charge is -2.44. The number of nitrogens with zero attached hydrogens (tertiary/aromatic N) is 3. The Kier molecular flexibility index (Phi) is 4.07. The minimum absolute atomic E-state index is 0.0281. The van der Waals surface area contributed by atoms with Crippen LogP contribution in [0.15, 0.2) is 12.4 Å².